The lowest BCUT2D eigenvalue weighted by Crippen LogP contribution is -1.91. The largest absolute Gasteiger partial charge is 0.265 e. The zero-order valence-corrected chi connectivity index (χ0v) is 6.57. The number of halogens is 3. The smallest absolute Gasteiger partial charge is 0.260 e. The van der Waals surface area contributed by atoms with E-state index in [1.807, 2.05) is 0 Å². The maximum absolute atomic E-state index is 12.1. The second kappa shape index (κ2) is 3.13. The number of hydrogen-bond acceptors (Lipinski definition) is 1. The number of aryl methyl sites for hydroxylation is 1. The molecule has 1 heterocycles. The van der Waals surface area contributed by atoms with Crippen molar-refractivity contribution in [2.75, 3.05) is 0 Å². The van der Waals surface area contributed by atoms with Gasteiger partial charge < -0.3 is 0 Å². The number of alkyl halides is 2. The van der Waals surface area contributed by atoms with Crippen molar-refractivity contribution in [1.82, 2.24) is 4.98 Å². The summed E-state index contributed by atoms with van der Waals surface area (Å²) in [5.41, 5.74) is 0.224. The maximum atomic E-state index is 12.1. The molecule has 1 aromatic heterocycles. The lowest BCUT2D eigenvalue weighted by molar-refractivity contribution is 0.150. The molecule has 4 heteroatoms. The van der Waals surface area contributed by atoms with E-state index in [0.29, 0.717) is 5.69 Å². The average Bonchev–Trinajstić information content (AvgIpc) is 1.94. The Kier molecular flexibility index (Phi) is 2.39. The Morgan fingerprint density at radius 3 is 2.64 bits per heavy atom. The Labute approximate surface area is 68.0 Å². The van der Waals surface area contributed by atoms with E-state index in [-0.39, 0.29) is 10.6 Å². The first-order valence-corrected chi connectivity index (χ1v) is 3.39. The Bertz CT molecular complexity index is 263. The second-order valence-electron chi connectivity index (χ2n) is 2.13. The predicted octanol–water partition coefficient (Wildman–Crippen LogP) is 2.98. The summed E-state index contributed by atoms with van der Waals surface area (Å²) in [5.74, 6) is 0. The highest BCUT2D eigenvalue weighted by Gasteiger charge is 2.11. The van der Waals surface area contributed by atoms with Gasteiger partial charge in [0.1, 0.15) is 0 Å². The van der Waals surface area contributed by atoms with Crippen molar-refractivity contribution >= 4 is 11.6 Å². The summed E-state index contributed by atoms with van der Waals surface area (Å²) in [6, 6.07) is 1.23. The Morgan fingerprint density at radius 2 is 2.18 bits per heavy atom. The molecule has 0 atom stereocenters. The molecule has 0 saturated carbocycles. The lowest BCUT2D eigenvalue weighted by atomic mass is 10.2. The third-order valence-electron chi connectivity index (χ3n) is 1.33. The van der Waals surface area contributed by atoms with Crippen LogP contribution in [0.2, 0.25) is 5.02 Å². The van der Waals surface area contributed by atoms with Crippen molar-refractivity contribution in [3.05, 3.63) is 28.5 Å². The first-order valence-electron chi connectivity index (χ1n) is 3.01. The number of hydrogen-bond donors (Lipinski definition) is 0. The van der Waals surface area contributed by atoms with Crippen LogP contribution in [0.4, 0.5) is 8.78 Å². The second-order valence-corrected chi connectivity index (χ2v) is 2.57. The summed E-state index contributed by atoms with van der Waals surface area (Å²) >= 11 is 5.47. The van der Waals surface area contributed by atoms with Gasteiger partial charge in [-0.3, -0.25) is 4.98 Å². The van der Waals surface area contributed by atoms with Gasteiger partial charge in [0.2, 0.25) is 0 Å². The van der Waals surface area contributed by atoms with Crippen LogP contribution >= 0.6 is 11.6 Å². The van der Waals surface area contributed by atoms with Crippen LogP contribution in [0.25, 0.3) is 0 Å². The SMILES string of the molecule is Cc1ncc(Cl)cc1C(F)F. The molecule has 0 amide bonds. The molecule has 0 bridgehead atoms. The molecule has 0 aliphatic rings. The van der Waals surface area contributed by atoms with Crippen LogP contribution in [0.5, 0.6) is 0 Å². The molecule has 0 aromatic carbocycles. The summed E-state index contributed by atoms with van der Waals surface area (Å²) < 4.78 is 24.2. The van der Waals surface area contributed by atoms with Crippen LogP contribution < -0.4 is 0 Å². The van der Waals surface area contributed by atoms with Gasteiger partial charge in [0.15, 0.2) is 0 Å². The van der Waals surface area contributed by atoms with Gasteiger partial charge >= 0.3 is 0 Å². The predicted molar refractivity (Wildman–Crippen MR) is 38.9 cm³/mol. The lowest BCUT2D eigenvalue weighted by Gasteiger charge is -2.02. The molecule has 1 aromatic rings. The first-order chi connectivity index (χ1) is 5.11. The highest BCUT2D eigenvalue weighted by molar-refractivity contribution is 6.30. The fraction of sp³-hybridized carbons (Fsp3) is 0.286. The molecule has 0 spiro atoms. The normalized spacial score (nSPS) is 10.6. The van der Waals surface area contributed by atoms with E-state index < -0.39 is 6.43 Å². The van der Waals surface area contributed by atoms with Crippen LogP contribution in [-0.4, -0.2) is 4.98 Å². The Hall–Kier alpha value is -0.700. The van der Waals surface area contributed by atoms with Gasteiger partial charge in [-0.25, -0.2) is 8.78 Å². The summed E-state index contributed by atoms with van der Waals surface area (Å²) in [6.07, 6.45) is -1.15. The molecule has 0 aliphatic heterocycles. The molecule has 0 saturated heterocycles. The van der Waals surface area contributed by atoms with Crippen LogP contribution in [0.3, 0.4) is 0 Å². The van der Waals surface area contributed by atoms with Crippen molar-refractivity contribution in [3.63, 3.8) is 0 Å². The minimum atomic E-state index is -2.50. The fourth-order valence-electron chi connectivity index (χ4n) is 0.744. The Balaban J connectivity index is 3.13. The van der Waals surface area contributed by atoms with Gasteiger partial charge in [-0.1, -0.05) is 11.6 Å². The molecule has 0 N–H and O–H groups in total. The van der Waals surface area contributed by atoms with Crippen molar-refractivity contribution in [2.24, 2.45) is 0 Å². The molecule has 1 nitrogen and oxygen atoms in total. The van der Waals surface area contributed by atoms with Gasteiger partial charge in [0.05, 0.1) is 5.02 Å². The van der Waals surface area contributed by atoms with Crippen molar-refractivity contribution in [3.8, 4) is 0 Å². The van der Waals surface area contributed by atoms with Gasteiger partial charge in [-0.05, 0) is 13.0 Å². The highest BCUT2D eigenvalue weighted by Crippen LogP contribution is 2.23. The van der Waals surface area contributed by atoms with E-state index in [2.05, 4.69) is 4.98 Å². The summed E-state index contributed by atoms with van der Waals surface area (Å²) in [4.78, 5) is 3.69. The fourth-order valence-corrected chi connectivity index (χ4v) is 0.911. The molecule has 0 radical (unpaired) electrons. The zero-order valence-electron chi connectivity index (χ0n) is 5.81. The minimum absolute atomic E-state index is 0.0995. The third kappa shape index (κ3) is 1.87. The van der Waals surface area contributed by atoms with Gasteiger partial charge in [0, 0.05) is 17.5 Å². The van der Waals surface area contributed by atoms with Crippen LogP contribution in [-0.2, 0) is 0 Å². The molecular weight excluding hydrogens is 172 g/mol. The van der Waals surface area contributed by atoms with Crippen LogP contribution in [0.15, 0.2) is 12.3 Å². The standard InChI is InChI=1S/C7H6ClF2N/c1-4-6(7(9)10)2-5(8)3-11-4/h2-3,7H,1H3. The molecule has 11 heavy (non-hydrogen) atoms. The van der Waals surface area contributed by atoms with E-state index in [4.69, 9.17) is 11.6 Å². The quantitative estimate of drug-likeness (QED) is 0.643. The van der Waals surface area contributed by atoms with Crippen molar-refractivity contribution < 1.29 is 8.78 Å². The van der Waals surface area contributed by atoms with Gasteiger partial charge in [-0.15, -0.1) is 0 Å². The molecule has 1 rings (SSSR count). The van der Waals surface area contributed by atoms with Crippen LogP contribution in [0, 0.1) is 6.92 Å². The molecule has 0 unspecified atom stereocenters. The van der Waals surface area contributed by atoms with E-state index in [0.717, 1.165) is 0 Å². The Morgan fingerprint density at radius 1 is 1.55 bits per heavy atom. The first kappa shape index (κ1) is 8.40. The minimum Gasteiger partial charge on any atom is -0.260 e. The number of pyridine rings is 1. The van der Waals surface area contributed by atoms with Gasteiger partial charge in [-0.2, -0.15) is 0 Å². The van der Waals surface area contributed by atoms with Crippen molar-refractivity contribution in [2.45, 2.75) is 13.3 Å². The number of aromatic nitrogens is 1. The molecule has 0 fully saturated rings. The van der Waals surface area contributed by atoms with E-state index in [1.54, 1.807) is 0 Å². The number of rotatable bonds is 1. The maximum Gasteiger partial charge on any atom is 0.265 e. The van der Waals surface area contributed by atoms with Crippen molar-refractivity contribution in [1.29, 1.82) is 0 Å². The summed E-state index contributed by atoms with van der Waals surface area (Å²) in [7, 11) is 0. The monoisotopic (exact) mass is 177 g/mol. The summed E-state index contributed by atoms with van der Waals surface area (Å²) in [6.45, 7) is 1.53. The highest BCUT2D eigenvalue weighted by atomic mass is 35.5. The van der Waals surface area contributed by atoms with Gasteiger partial charge in [0.25, 0.3) is 6.43 Å². The molecular formula is C7H6ClF2N. The topological polar surface area (TPSA) is 12.9 Å². The number of nitrogens with zero attached hydrogens (tertiary/aromatic N) is 1. The van der Waals surface area contributed by atoms with E-state index in [1.165, 1.54) is 19.2 Å². The van der Waals surface area contributed by atoms with Crippen LogP contribution in [0.1, 0.15) is 17.7 Å². The summed E-state index contributed by atoms with van der Waals surface area (Å²) in [5, 5.41) is 0.242. The molecule has 60 valence electrons. The van der Waals surface area contributed by atoms with E-state index in [9.17, 15) is 8.78 Å². The zero-order chi connectivity index (χ0) is 8.43. The average molecular weight is 178 g/mol. The third-order valence-corrected chi connectivity index (χ3v) is 1.53. The van der Waals surface area contributed by atoms with E-state index >= 15 is 0 Å². The molecule has 0 aliphatic carbocycles.